The molecule has 2 heterocycles. The van der Waals surface area contributed by atoms with Crippen LogP contribution in [0.1, 0.15) is 56.2 Å². The van der Waals surface area contributed by atoms with E-state index in [-0.39, 0.29) is 5.56 Å². The second kappa shape index (κ2) is 10.4. The average Bonchev–Trinajstić information content (AvgIpc) is 3.18. The van der Waals surface area contributed by atoms with Gasteiger partial charge in [-0.2, -0.15) is 0 Å². The number of likely N-dealkylation sites (N-methyl/N-ethyl adjacent to an activating group) is 1. The third kappa shape index (κ3) is 5.22. The van der Waals surface area contributed by atoms with Gasteiger partial charge in [-0.25, -0.2) is 0 Å². The summed E-state index contributed by atoms with van der Waals surface area (Å²) in [7, 11) is 0. The van der Waals surface area contributed by atoms with Gasteiger partial charge in [-0.1, -0.05) is 32.4 Å². The number of aromatic nitrogens is 1. The van der Waals surface area contributed by atoms with Gasteiger partial charge < -0.3 is 15.2 Å². The lowest BCUT2D eigenvalue weighted by atomic mass is 10.0. The summed E-state index contributed by atoms with van der Waals surface area (Å²) in [5.41, 5.74) is 4.01. The number of fused-ring (bicyclic) bond motifs is 1. The molecule has 1 saturated heterocycles. The number of rotatable bonds is 8. The first-order chi connectivity index (χ1) is 14.4. The van der Waals surface area contributed by atoms with E-state index in [1.807, 2.05) is 6.07 Å². The highest BCUT2D eigenvalue weighted by Crippen LogP contribution is 2.21. The highest BCUT2D eigenvalue weighted by molar-refractivity contribution is 7.80. The number of aromatic amines is 1. The van der Waals surface area contributed by atoms with E-state index in [0.29, 0.717) is 12.6 Å². The standard InChI is InChI=1S/C24H36N4OS/c1-5-7-12-25-24(30)28(16-21-9-8-13-27(21)6-2)15-20-14-19-11-10-17(3)18(4)22(19)26-23(20)29/h10-11,14,21H,5-9,12-13,15-16H2,1-4H3,(H,25,30)(H,26,29). The van der Waals surface area contributed by atoms with E-state index in [9.17, 15) is 4.79 Å². The third-order valence-electron chi connectivity index (χ3n) is 6.42. The first-order valence-corrected chi connectivity index (χ1v) is 11.7. The molecule has 1 aliphatic heterocycles. The Morgan fingerprint density at radius 1 is 1.33 bits per heavy atom. The van der Waals surface area contributed by atoms with Crippen LogP contribution in [0.3, 0.4) is 0 Å². The van der Waals surface area contributed by atoms with Gasteiger partial charge in [0, 0.05) is 24.7 Å². The number of nitrogens with one attached hydrogen (secondary N) is 2. The Balaban J connectivity index is 1.86. The van der Waals surface area contributed by atoms with E-state index in [4.69, 9.17) is 12.2 Å². The van der Waals surface area contributed by atoms with Gasteiger partial charge in [0.05, 0.1) is 12.1 Å². The predicted octanol–water partition coefficient (Wildman–Crippen LogP) is 4.11. The van der Waals surface area contributed by atoms with E-state index >= 15 is 0 Å². The Labute approximate surface area is 185 Å². The SMILES string of the molecule is CCCCNC(=S)N(Cc1cc2ccc(C)c(C)c2[nH]c1=O)CC1CCCN1CC. The van der Waals surface area contributed by atoms with Crippen LogP contribution in [0.15, 0.2) is 23.0 Å². The first kappa shape index (κ1) is 22.8. The molecule has 0 spiro atoms. The van der Waals surface area contributed by atoms with Crippen molar-refractivity contribution in [2.75, 3.05) is 26.2 Å². The molecule has 0 radical (unpaired) electrons. The maximum Gasteiger partial charge on any atom is 0.253 e. The fourth-order valence-corrected chi connectivity index (χ4v) is 4.61. The predicted molar refractivity (Wildman–Crippen MR) is 130 cm³/mol. The summed E-state index contributed by atoms with van der Waals surface area (Å²) in [6, 6.07) is 6.74. The molecule has 2 aromatic rings. The zero-order valence-electron chi connectivity index (χ0n) is 18.9. The van der Waals surface area contributed by atoms with Crippen LogP contribution in [0, 0.1) is 13.8 Å². The van der Waals surface area contributed by atoms with E-state index in [1.165, 1.54) is 18.4 Å². The summed E-state index contributed by atoms with van der Waals surface area (Å²) in [5.74, 6) is 0. The van der Waals surface area contributed by atoms with Crippen molar-refractivity contribution < 1.29 is 0 Å². The molecule has 1 aliphatic rings. The molecular weight excluding hydrogens is 392 g/mol. The summed E-state index contributed by atoms with van der Waals surface area (Å²) in [5, 5.41) is 5.24. The van der Waals surface area contributed by atoms with Crippen LogP contribution in [0.25, 0.3) is 10.9 Å². The molecule has 164 valence electrons. The van der Waals surface area contributed by atoms with Crippen LogP contribution in [0.5, 0.6) is 0 Å². The zero-order valence-corrected chi connectivity index (χ0v) is 19.7. The Morgan fingerprint density at radius 2 is 2.13 bits per heavy atom. The molecule has 1 aromatic heterocycles. The molecule has 0 saturated carbocycles. The normalized spacial score (nSPS) is 16.9. The number of aryl methyl sites for hydroxylation is 2. The van der Waals surface area contributed by atoms with Crippen LogP contribution >= 0.6 is 12.2 Å². The van der Waals surface area contributed by atoms with Crippen LogP contribution in [0.4, 0.5) is 0 Å². The van der Waals surface area contributed by atoms with Gasteiger partial charge >= 0.3 is 0 Å². The second-order valence-corrected chi connectivity index (χ2v) is 8.87. The monoisotopic (exact) mass is 428 g/mol. The number of hydrogen-bond donors (Lipinski definition) is 2. The molecule has 30 heavy (non-hydrogen) atoms. The number of pyridine rings is 1. The van der Waals surface area contributed by atoms with Crippen LogP contribution in [-0.2, 0) is 6.54 Å². The van der Waals surface area contributed by atoms with Crippen molar-refractivity contribution in [2.45, 2.75) is 66.0 Å². The summed E-state index contributed by atoms with van der Waals surface area (Å²) < 4.78 is 0. The molecule has 5 nitrogen and oxygen atoms in total. The minimum Gasteiger partial charge on any atom is -0.363 e. The molecule has 1 aromatic carbocycles. The van der Waals surface area contributed by atoms with Crippen molar-refractivity contribution in [1.82, 2.24) is 20.1 Å². The summed E-state index contributed by atoms with van der Waals surface area (Å²) >= 11 is 5.76. The van der Waals surface area contributed by atoms with Crippen molar-refractivity contribution in [3.8, 4) is 0 Å². The van der Waals surface area contributed by atoms with E-state index in [0.717, 1.165) is 66.2 Å². The van der Waals surface area contributed by atoms with Gasteiger partial charge in [0.25, 0.3) is 5.56 Å². The lowest BCUT2D eigenvalue weighted by molar-refractivity contribution is 0.219. The minimum atomic E-state index is -0.0173. The van der Waals surface area contributed by atoms with Crippen molar-refractivity contribution in [1.29, 1.82) is 0 Å². The fraction of sp³-hybridized carbons (Fsp3) is 0.583. The van der Waals surface area contributed by atoms with Gasteiger partial charge in [-0.3, -0.25) is 9.69 Å². The maximum absolute atomic E-state index is 12.9. The number of nitrogens with zero attached hydrogens (tertiary/aromatic N) is 2. The molecule has 3 rings (SSSR count). The number of hydrogen-bond acceptors (Lipinski definition) is 3. The molecule has 0 aliphatic carbocycles. The molecule has 2 N–H and O–H groups in total. The van der Waals surface area contributed by atoms with E-state index < -0.39 is 0 Å². The second-order valence-electron chi connectivity index (χ2n) is 8.49. The van der Waals surface area contributed by atoms with Gasteiger partial charge in [-0.05, 0) is 81.0 Å². The van der Waals surface area contributed by atoms with E-state index in [1.54, 1.807) is 0 Å². The van der Waals surface area contributed by atoms with Crippen molar-refractivity contribution in [3.05, 3.63) is 45.2 Å². The Kier molecular flexibility index (Phi) is 7.89. The lowest BCUT2D eigenvalue weighted by Gasteiger charge is -2.32. The topological polar surface area (TPSA) is 51.4 Å². The minimum absolute atomic E-state index is 0.0173. The molecule has 0 bridgehead atoms. The summed E-state index contributed by atoms with van der Waals surface area (Å²) in [4.78, 5) is 20.8. The number of unbranched alkanes of at least 4 members (excludes halogenated alkanes) is 1. The van der Waals surface area contributed by atoms with Crippen LogP contribution in [0.2, 0.25) is 0 Å². The van der Waals surface area contributed by atoms with Gasteiger partial charge in [0.1, 0.15) is 0 Å². The van der Waals surface area contributed by atoms with Crippen molar-refractivity contribution >= 4 is 28.2 Å². The maximum atomic E-state index is 12.9. The average molecular weight is 429 g/mol. The highest BCUT2D eigenvalue weighted by Gasteiger charge is 2.26. The molecular formula is C24H36N4OS. The number of thiocarbonyl (C=S) groups is 1. The lowest BCUT2D eigenvalue weighted by Crippen LogP contribution is -2.47. The molecule has 1 atom stereocenters. The van der Waals surface area contributed by atoms with E-state index in [2.05, 4.69) is 59.9 Å². The van der Waals surface area contributed by atoms with Crippen molar-refractivity contribution in [2.24, 2.45) is 0 Å². The molecule has 0 amide bonds. The highest BCUT2D eigenvalue weighted by atomic mass is 32.1. The summed E-state index contributed by atoms with van der Waals surface area (Å²) in [6.45, 7) is 13.0. The third-order valence-corrected chi connectivity index (χ3v) is 6.82. The smallest absolute Gasteiger partial charge is 0.253 e. The Morgan fingerprint density at radius 3 is 2.87 bits per heavy atom. The largest absolute Gasteiger partial charge is 0.363 e. The van der Waals surface area contributed by atoms with Gasteiger partial charge in [0.2, 0.25) is 0 Å². The van der Waals surface area contributed by atoms with Crippen LogP contribution in [-0.4, -0.2) is 52.1 Å². The molecule has 1 unspecified atom stereocenters. The Bertz CT molecular complexity index is 939. The molecule has 6 heteroatoms. The van der Waals surface area contributed by atoms with Crippen LogP contribution < -0.4 is 10.9 Å². The first-order valence-electron chi connectivity index (χ1n) is 11.3. The number of benzene rings is 1. The quantitative estimate of drug-likeness (QED) is 0.490. The van der Waals surface area contributed by atoms with Crippen molar-refractivity contribution in [3.63, 3.8) is 0 Å². The fourth-order valence-electron chi connectivity index (χ4n) is 4.37. The number of likely N-dealkylation sites (tertiary alicyclic amines) is 1. The molecule has 1 fully saturated rings. The zero-order chi connectivity index (χ0) is 21.7. The van der Waals surface area contributed by atoms with Gasteiger partial charge in [-0.15, -0.1) is 0 Å². The van der Waals surface area contributed by atoms with Gasteiger partial charge in [0.15, 0.2) is 5.11 Å². The Hall–Kier alpha value is -1.92. The summed E-state index contributed by atoms with van der Waals surface area (Å²) in [6.07, 6.45) is 4.64. The number of H-pyrrole nitrogens is 1.